The number of carbonyl (C=O) groups excluding carboxylic acids is 1. The zero-order valence-electron chi connectivity index (χ0n) is 18.6. The van der Waals surface area contributed by atoms with E-state index < -0.39 is 0 Å². The van der Waals surface area contributed by atoms with Gasteiger partial charge in [0.15, 0.2) is 5.13 Å². The Kier molecular flexibility index (Phi) is 5.91. The van der Waals surface area contributed by atoms with E-state index in [1.807, 2.05) is 48.9 Å². The zero-order chi connectivity index (χ0) is 22.8. The van der Waals surface area contributed by atoms with Crippen molar-refractivity contribution in [2.24, 2.45) is 5.92 Å². The second-order valence-electron chi connectivity index (χ2n) is 7.91. The zero-order valence-corrected chi connectivity index (χ0v) is 19.4. The Morgan fingerprint density at radius 3 is 2.76 bits per heavy atom. The summed E-state index contributed by atoms with van der Waals surface area (Å²) in [6.07, 6.45) is 6.73. The number of aromatic nitrogens is 5. The van der Waals surface area contributed by atoms with Gasteiger partial charge in [-0.2, -0.15) is 0 Å². The lowest BCUT2D eigenvalue weighted by Gasteiger charge is -2.32. The molecule has 0 atom stereocenters. The Bertz CT molecular complexity index is 1280. The molecule has 1 fully saturated rings. The van der Waals surface area contributed by atoms with Crippen LogP contribution in [0.3, 0.4) is 0 Å². The molecule has 3 aromatic heterocycles. The third-order valence-corrected chi connectivity index (χ3v) is 6.74. The van der Waals surface area contributed by atoms with Crippen molar-refractivity contribution in [2.75, 3.05) is 29.9 Å². The highest BCUT2D eigenvalue weighted by Crippen LogP contribution is 2.30. The van der Waals surface area contributed by atoms with Crippen LogP contribution in [0.4, 0.5) is 10.9 Å². The van der Waals surface area contributed by atoms with Crippen molar-refractivity contribution in [1.82, 2.24) is 24.5 Å². The topological polar surface area (TPSA) is 98.1 Å². The molecule has 0 saturated carbocycles. The summed E-state index contributed by atoms with van der Waals surface area (Å²) >= 11 is 1.47. The average Bonchev–Trinajstić information content (AvgIpc) is 3.44. The minimum atomic E-state index is -0.0514. The number of anilines is 2. The number of piperidine rings is 1. The van der Waals surface area contributed by atoms with E-state index in [2.05, 4.69) is 30.2 Å². The molecule has 9 nitrogen and oxygen atoms in total. The largest absolute Gasteiger partial charge is 0.494 e. The molecule has 170 valence electrons. The van der Waals surface area contributed by atoms with Crippen molar-refractivity contribution in [1.29, 1.82) is 0 Å². The molecular formula is C23H25N7O2S. The SMILES string of the molecule is CCOc1ccc2nc(NC(=O)C3CCN(c4cc(-n5ccnc5C)ncn4)CC3)sc2c1. The lowest BCUT2D eigenvalue weighted by Crippen LogP contribution is -2.38. The highest BCUT2D eigenvalue weighted by atomic mass is 32.1. The minimum Gasteiger partial charge on any atom is -0.494 e. The maximum atomic E-state index is 12.9. The predicted molar refractivity (Wildman–Crippen MR) is 128 cm³/mol. The number of imidazole rings is 1. The van der Waals surface area contributed by atoms with Gasteiger partial charge in [0.2, 0.25) is 5.91 Å². The van der Waals surface area contributed by atoms with Gasteiger partial charge in [0.05, 0.1) is 16.8 Å². The number of ether oxygens (including phenoxy) is 1. The van der Waals surface area contributed by atoms with E-state index in [-0.39, 0.29) is 11.8 Å². The summed E-state index contributed by atoms with van der Waals surface area (Å²) in [4.78, 5) is 32.7. The molecule has 4 heterocycles. The van der Waals surface area contributed by atoms with Gasteiger partial charge in [0.25, 0.3) is 0 Å². The summed E-state index contributed by atoms with van der Waals surface area (Å²) in [7, 11) is 0. The van der Waals surface area contributed by atoms with Crippen molar-refractivity contribution in [3.05, 3.63) is 48.8 Å². The van der Waals surface area contributed by atoms with E-state index in [1.54, 1.807) is 12.5 Å². The van der Waals surface area contributed by atoms with Crippen LogP contribution in [0.25, 0.3) is 16.0 Å². The van der Waals surface area contributed by atoms with Crippen LogP contribution in [-0.2, 0) is 4.79 Å². The Hall–Kier alpha value is -3.53. The molecule has 1 aliphatic heterocycles. The molecular weight excluding hydrogens is 438 g/mol. The third-order valence-electron chi connectivity index (χ3n) is 5.80. The quantitative estimate of drug-likeness (QED) is 0.464. The van der Waals surface area contributed by atoms with E-state index in [9.17, 15) is 4.79 Å². The van der Waals surface area contributed by atoms with Gasteiger partial charge < -0.3 is 15.0 Å². The standard InChI is InChI=1S/C23H25N7O2S/c1-3-32-17-4-5-18-19(12-17)33-23(27-18)28-22(31)16-6-9-29(10-7-16)20-13-21(26-14-25-20)30-11-8-24-15(30)2/h4-5,8,11-14,16H,3,6-7,9-10H2,1-2H3,(H,27,28,31). The number of carbonyl (C=O) groups is 1. The third kappa shape index (κ3) is 4.51. The first-order valence-corrected chi connectivity index (χ1v) is 11.8. The second kappa shape index (κ2) is 9.14. The summed E-state index contributed by atoms with van der Waals surface area (Å²) in [5.41, 5.74) is 0.862. The van der Waals surface area contributed by atoms with Crippen LogP contribution in [0.1, 0.15) is 25.6 Å². The number of hydrogen-bond acceptors (Lipinski definition) is 8. The number of nitrogens with one attached hydrogen (secondary N) is 1. The number of aryl methyl sites for hydroxylation is 1. The van der Waals surface area contributed by atoms with E-state index in [0.29, 0.717) is 11.7 Å². The lowest BCUT2D eigenvalue weighted by atomic mass is 9.96. The molecule has 0 bridgehead atoms. The van der Waals surface area contributed by atoms with Gasteiger partial charge in [-0.05, 0) is 44.9 Å². The van der Waals surface area contributed by atoms with Crippen molar-refractivity contribution in [2.45, 2.75) is 26.7 Å². The highest BCUT2D eigenvalue weighted by molar-refractivity contribution is 7.22. The van der Waals surface area contributed by atoms with Crippen LogP contribution in [0.2, 0.25) is 0 Å². The normalized spacial score (nSPS) is 14.5. The fourth-order valence-corrected chi connectivity index (χ4v) is 4.95. The van der Waals surface area contributed by atoms with Crippen LogP contribution in [0.5, 0.6) is 5.75 Å². The average molecular weight is 464 g/mol. The van der Waals surface area contributed by atoms with Gasteiger partial charge in [-0.15, -0.1) is 0 Å². The Morgan fingerprint density at radius 1 is 1.18 bits per heavy atom. The monoisotopic (exact) mass is 463 g/mol. The molecule has 4 aromatic rings. The van der Waals surface area contributed by atoms with Crippen molar-refractivity contribution in [3.8, 4) is 11.6 Å². The first-order valence-electron chi connectivity index (χ1n) is 11.0. The van der Waals surface area contributed by atoms with E-state index >= 15 is 0 Å². The molecule has 0 radical (unpaired) electrons. The molecule has 0 unspecified atom stereocenters. The first kappa shape index (κ1) is 21.3. The summed E-state index contributed by atoms with van der Waals surface area (Å²) < 4.78 is 8.48. The van der Waals surface area contributed by atoms with E-state index in [4.69, 9.17) is 4.74 Å². The maximum Gasteiger partial charge on any atom is 0.229 e. The van der Waals surface area contributed by atoms with E-state index in [1.165, 1.54) is 11.3 Å². The lowest BCUT2D eigenvalue weighted by molar-refractivity contribution is -0.120. The molecule has 5 rings (SSSR count). The molecule has 1 aromatic carbocycles. The summed E-state index contributed by atoms with van der Waals surface area (Å²) in [6, 6.07) is 7.75. The first-order chi connectivity index (χ1) is 16.1. The molecule has 1 N–H and O–H groups in total. The number of benzene rings is 1. The van der Waals surface area contributed by atoms with Crippen molar-refractivity contribution in [3.63, 3.8) is 0 Å². The van der Waals surface area contributed by atoms with Crippen molar-refractivity contribution < 1.29 is 9.53 Å². The molecule has 33 heavy (non-hydrogen) atoms. The molecule has 1 amide bonds. The number of nitrogens with zero attached hydrogens (tertiary/aromatic N) is 6. The van der Waals surface area contributed by atoms with Crippen LogP contribution in [0, 0.1) is 12.8 Å². The summed E-state index contributed by atoms with van der Waals surface area (Å²) in [6.45, 7) is 6.03. The maximum absolute atomic E-state index is 12.9. The van der Waals surface area contributed by atoms with Gasteiger partial charge in [0.1, 0.15) is 29.5 Å². The van der Waals surface area contributed by atoms with Gasteiger partial charge in [-0.3, -0.25) is 9.36 Å². The smallest absolute Gasteiger partial charge is 0.229 e. The molecule has 1 saturated heterocycles. The van der Waals surface area contributed by atoms with Crippen LogP contribution < -0.4 is 15.0 Å². The van der Waals surface area contributed by atoms with Gasteiger partial charge in [-0.25, -0.2) is 19.9 Å². The number of rotatable bonds is 6. The Labute approximate surface area is 195 Å². The van der Waals surface area contributed by atoms with Crippen LogP contribution >= 0.6 is 11.3 Å². The molecule has 0 aliphatic carbocycles. The molecule has 0 spiro atoms. The minimum absolute atomic E-state index is 0.0242. The number of amides is 1. The van der Waals surface area contributed by atoms with Crippen LogP contribution in [0.15, 0.2) is 43.0 Å². The predicted octanol–water partition coefficient (Wildman–Crippen LogP) is 3.83. The Balaban J connectivity index is 1.21. The highest BCUT2D eigenvalue weighted by Gasteiger charge is 2.26. The second-order valence-corrected chi connectivity index (χ2v) is 8.94. The fourth-order valence-electron chi connectivity index (χ4n) is 4.06. The van der Waals surface area contributed by atoms with Crippen molar-refractivity contribution >= 4 is 38.4 Å². The summed E-state index contributed by atoms with van der Waals surface area (Å²) in [5.74, 6) is 3.32. The fraction of sp³-hybridized carbons (Fsp3) is 0.348. The van der Waals surface area contributed by atoms with Gasteiger partial charge >= 0.3 is 0 Å². The van der Waals surface area contributed by atoms with Gasteiger partial charge in [-0.1, -0.05) is 11.3 Å². The number of thiazole rings is 1. The summed E-state index contributed by atoms with van der Waals surface area (Å²) in [5, 5.41) is 3.64. The Morgan fingerprint density at radius 2 is 2.00 bits per heavy atom. The van der Waals surface area contributed by atoms with Gasteiger partial charge in [0, 0.05) is 37.5 Å². The van der Waals surface area contributed by atoms with Crippen LogP contribution in [-0.4, -0.2) is 50.1 Å². The van der Waals surface area contributed by atoms with E-state index in [0.717, 1.165) is 59.4 Å². The molecule has 1 aliphatic rings. The number of fused-ring (bicyclic) bond motifs is 1. The number of hydrogen-bond donors (Lipinski definition) is 1. The molecule has 10 heteroatoms.